The van der Waals surface area contributed by atoms with Gasteiger partial charge in [-0.05, 0) is 60.0 Å². The van der Waals surface area contributed by atoms with Gasteiger partial charge in [-0.1, -0.05) is 72.3 Å². The van der Waals surface area contributed by atoms with Crippen molar-refractivity contribution < 1.29 is 18.0 Å². The summed E-state index contributed by atoms with van der Waals surface area (Å²) in [5, 5.41) is 2.95. The van der Waals surface area contributed by atoms with Crippen molar-refractivity contribution in [3.05, 3.63) is 100 Å². The third-order valence-corrected chi connectivity index (χ3v) is 7.73. The van der Waals surface area contributed by atoms with E-state index in [9.17, 15) is 18.0 Å². The number of sulfonamides is 1. The van der Waals surface area contributed by atoms with Crippen LogP contribution in [0.15, 0.2) is 83.3 Å². The maximum atomic E-state index is 14.0. The van der Waals surface area contributed by atoms with Gasteiger partial charge in [0.05, 0.1) is 11.9 Å². The summed E-state index contributed by atoms with van der Waals surface area (Å²) in [6, 6.07) is 23.1. The first-order chi connectivity index (χ1) is 18.0. The molecule has 202 valence electrons. The summed E-state index contributed by atoms with van der Waals surface area (Å²) in [6.45, 7) is 5.39. The average molecular weight is 601 g/mol. The van der Waals surface area contributed by atoms with E-state index in [1.165, 1.54) is 4.90 Å². The molecule has 7 nitrogen and oxygen atoms in total. The molecule has 3 rings (SSSR count). The second kappa shape index (κ2) is 13.1. The molecule has 0 aliphatic rings. The van der Waals surface area contributed by atoms with E-state index in [4.69, 9.17) is 0 Å². The lowest BCUT2D eigenvalue weighted by molar-refractivity contribution is -0.140. The van der Waals surface area contributed by atoms with Crippen LogP contribution in [-0.2, 0) is 32.6 Å². The predicted octanol–water partition coefficient (Wildman–Crippen LogP) is 4.69. The van der Waals surface area contributed by atoms with E-state index >= 15 is 0 Å². The van der Waals surface area contributed by atoms with Crippen molar-refractivity contribution in [1.82, 2.24) is 10.2 Å². The Morgan fingerprint density at radius 2 is 1.55 bits per heavy atom. The summed E-state index contributed by atoms with van der Waals surface area (Å²) in [4.78, 5) is 29.0. The number of nitrogens with zero attached hydrogens (tertiary/aromatic N) is 2. The standard InChI is InChI=1S/C29H34BrN3O4S/c1-21(2)31-29(35)27(18-23-12-6-5-7-13-23)32(19-24-14-10-11-22(3)17-24)28(34)20-33(38(4,36)37)26-16-9-8-15-25(26)30/h5-17,21,27H,18-20H2,1-4H3,(H,31,35)/t27-/m0/s1. The second-order valence-corrected chi connectivity index (χ2v) is 12.4. The monoisotopic (exact) mass is 599 g/mol. The summed E-state index contributed by atoms with van der Waals surface area (Å²) in [5.74, 6) is -0.774. The number of para-hydroxylation sites is 1. The molecule has 0 bridgehead atoms. The molecule has 0 heterocycles. The molecule has 3 aromatic rings. The largest absolute Gasteiger partial charge is 0.352 e. The molecule has 0 radical (unpaired) electrons. The molecule has 1 N–H and O–H groups in total. The topological polar surface area (TPSA) is 86.8 Å². The molecule has 0 spiro atoms. The maximum absolute atomic E-state index is 14.0. The van der Waals surface area contributed by atoms with E-state index in [2.05, 4.69) is 21.2 Å². The lowest BCUT2D eigenvalue weighted by Gasteiger charge is -2.34. The van der Waals surface area contributed by atoms with E-state index < -0.39 is 28.5 Å². The van der Waals surface area contributed by atoms with Crippen LogP contribution in [0.25, 0.3) is 0 Å². The van der Waals surface area contributed by atoms with Crippen LogP contribution in [0.3, 0.4) is 0 Å². The van der Waals surface area contributed by atoms with Gasteiger partial charge in [-0.25, -0.2) is 8.42 Å². The third-order valence-electron chi connectivity index (χ3n) is 5.94. The number of nitrogens with one attached hydrogen (secondary N) is 1. The molecule has 0 aliphatic carbocycles. The zero-order valence-corrected chi connectivity index (χ0v) is 24.5. The Balaban J connectivity index is 2.07. The van der Waals surface area contributed by atoms with Crippen molar-refractivity contribution in [2.75, 3.05) is 17.1 Å². The number of halogens is 1. The number of benzene rings is 3. The fourth-order valence-electron chi connectivity index (χ4n) is 4.19. The van der Waals surface area contributed by atoms with Crippen LogP contribution in [0, 0.1) is 6.92 Å². The van der Waals surface area contributed by atoms with Gasteiger partial charge in [-0.15, -0.1) is 0 Å². The average Bonchev–Trinajstić information content (AvgIpc) is 2.84. The van der Waals surface area contributed by atoms with E-state index in [0.29, 0.717) is 10.2 Å². The van der Waals surface area contributed by atoms with Gasteiger partial charge in [0.15, 0.2) is 0 Å². The lowest BCUT2D eigenvalue weighted by Crippen LogP contribution is -2.54. The summed E-state index contributed by atoms with van der Waals surface area (Å²) in [7, 11) is -3.82. The smallest absolute Gasteiger partial charge is 0.244 e. The number of carbonyl (C=O) groups is 2. The van der Waals surface area contributed by atoms with Gasteiger partial charge in [0.2, 0.25) is 21.8 Å². The van der Waals surface area contributed by atoms with Crippen molar-refractivity contribution in [2.45, 2.75) is 45.8 Å². The Morgan fingerprint density at radius 1 is 0.921 bits per heavy atom. The van der Waals surface area contributed by atoms with Crippen LogP contribution in [0.5, 0.6) is 0 Å². The van der Waals surface area contributed by atoms with Crippen LogP contribution in [0.4, 0.5) is 5.69 Å². The van der Waals surface area contributed by atoms with Crippen LogP contribution >= 0.6 is 15.9 Å². The maximum Gasteiger partial charge on any atom is 0.244 e. The third kappa shape index (κ3) is 8.16. The first kappa shape index (κ1) is 29.4. The van der Waals surface area contributed by atoms with Gasteiger partial charge >= 0.3 is 0 Å². The fraction of sp³-hybridized carbons (Fsp3) is 0.310. The van der Waals surface area contributed by atoms with Crippen molar-refractivity contribution in [3.63, 3.8) is 0 Å². The highest BCUT2D eigenvalue weighted by molar-refractivity contribution is 9.10. The van der Waals surface area contributed by atoms with Gasteiger partial charge in [0, 0.05) is 23.5 Å². The number of carbonyl (C=O) groups excluding carboxylic acids is 2. The van der Waals surface area contributed by atoms with E-state index in [0.717, 1.165) is 27.3 Å². The van der Waals surface area contributed by atoms with E-state index in [1.807, 2.05) is 75.4 Å². The van der Waals surface area contributed by atoms with Crippen LogP contribution in [0.1, 0.15) is 30.5 Å². The number of hydrogen-bond acceptors (Lipinski definition) is 4. The Hall–Kier alpha value is -3.17. The minimum atomic E-state index is -3.82. The molecule has 0 fully saturated rings. The minimum Gasteiger partial charge on any atom is -0.352 e. The number of amides is 2. The zero-order valence-electron chi connectivity index (χ0n) is 22.1. The molecule has 0 saturated heterocycles. The zero-order chi connectivity index (χ0) is 27.9. The predicted molar refractivity (Wildman–Crippen MR) is 155 cm³/mol. The lowest BCUT2D eigenvalue weighted by atomic mass is 10.0. The molecule has 0 aromatic heterocycles. The Bertz CT molecular complexity index is 1360. The highest BCUT2D eigenvalue weighted by Gasteiger charge is 2.33. The molecule has 3 aromatic carbocycles. The SMILES string of the molecule is Cc1cccc(CN(C(=O)CN(c2ccccc2Br)S(C)(=O)=O)[C@@H](Cc2ccccc2)C(=O)NC(C)C)c1. The first-order valence-electron chi connectivity index (χ1n) is 12.4. The number of rotatable bonds is 11. The van der Waals surface area contributed by atoms with Crippen molar-refractivity contribution in [1.29, 1.82) is 0 Å². The van der Waals surface area contributed by atoms with Gasteiger partial charge < -0.3 is 10.2 Å². The van der Waals surface area contributed by atoms with Gasteiger partial charge in [0.1, 0.15) is 12.6 Å². The molecule has 0 aliphatic heterocycles. The Kier molecular flexibility index (Phi) is 10.1. The Morgan fingerprint density at radius 3 is 2.16 bits per heavy atom. The summed E-state index contributed by atoms with van der Waals surface area (Å²) in [6.07, 6.45) is 1.35. The highest BCUT2D eigenvalue weighted by atomic mass is 79.9. The van der Waals surface area contributed by atoms with Gasteiger partial charge in [0.25, 0.3) is 0 Å². The highest BCUT2D eigenvalue weighted by Crippen LogP contribution is 2.28. The molecule has 9 heteroatoms. The van der Waals surface area contributed by atoms with Crippen molar-refractivity contribution in [2.24, 2.45) is 0 Å². The molecular formula is C29H34BrN3O4S. The van der Waals surface area contributed by atoms with Crippen LogP contribution in [0.2, 0.25) is 0 Å². The van der Waals surface area contributed by atoms with Gasteiger partial charge in [-0.3, -0.25) is 13.9 Å². The molecule has 1 atom stereocenters. The molecule has 0 saturated carbocycles. The quantitative estimate of drug-likeness (QED) is 0.346. The number of anilines is 1. The van der Waals surface area contributed by atoms with Gasteiger partial charge in [-0.2, -0.15) is 0 Å². The van der Waals surface area contributed by atoms with Crippen LogP contribution in [-0.4, -0.2) is 50.0 Å². The van der Waals surface area contributed by atoms with E-state index in [-0.39, 0.29) is 24.9 Å². The van der Waals surface area contributed by atoms with Crippen LogP contribution < -0.4 is 9.62 Å². The van der Waals surface area contributed by atoms with E-state index in [1.54, 1.807) is 24.3 Å². The summed E-state index contributed by atoms with van der Waals surface area (Å²) >= 11 is 3.41. The summed E-state index contributed by atoms with van der Waals surface area (Å²) < 4.78 is 27.3. The number of hydrogen-bond donors (Lipinski definition) is 1. The summed E-state index contributed by atoms with van der Waals surface area (Å²) in [5.41, 5.74) is 3.11. The number of aryl methyl sites for hydroxylation is 1. The first-order valence-corrected chi connectivity index (χ1v) is 15.0. The molecule has 0 unspecified atom stereocenters. The van der Waals surface area contributed by atoms with Crippen molar-refractivity contribution >= 4 is 43.5 Å². The van der Waals surface area contributed by atoms with Crippen molar-refractivity contribution in [3.8, 4) is 0 Å². The Labute approximate surface area is 234 Å². The normalized spacial score (nSPS) is 12.2. The second-order valence-electron chi connectivity index (χ2n) is 9.60. The minimum absolute atomic E-state index is 0.135. The molecule has 2 amide bonds. The fourth-order valence-corrected chi connectivity index (χ4v) is 5.67. The molecule has 38 heavy (non-hydrogen) atoms. The molecular weight excluding hydrogens is 566 g/mol.